The molecule has 0 unspecified atom stereocenters. The quantitative estimate of drug-likeness (QED) is 0.852. The Hall–Kier alpha value is -1.85. The number of hydrogen-bond donors (Lipinski definition) is 2. The molecule has 0 saturated carbocycles. The first-order valence-corrected chi connectivity index (χ1v) is 7.24. The van der Waals surface area contributed by atoms with Gasteiger partial charge in [0.1, 0.15) is 0 Å². The van der Waals surface area contributed by atoms with Crippen molar-refractivity contribution >= 4 is 34.8 Å². The molecule has 1 aromatic heterocycles. The van der Waals surface area contributed by atoms with Crippen LogP contribution in [0.3, 0.4) is 0 Å². The molecule has 2 amide bonds. The van der Waals surface area contributed by atoms with Crippen LogP contribution in [0.15, 0.2) is 41.8 Å². The van der Waals surface area contributed by atoms with Gasteiger partial charge in [-0.3, -0.25) is 9.59 Å². The number of carbonyl (C=O) groups is 2. The van der Waals surface area contributed by atoms with E-state index in [9.17, 15) is 9.59 Å². The summed E-state index contributed by atoms with van der Waals surface area (Å²) >= 11 is 7.49. The highest BCUT2D eigenvalue weighted by Crippen LogP contribution is 2.14. The fraction of sp³-hybridized carbons (Fsp3) is 0.143. The van der Waals surface area contributed by atoms with Gasteiger partial charge in [0.15, 0.2) is 0 Å². The van der Waals surface area contributed by atoms with E-state index in [0.717, 1.165) is 10.4 Å². The highest BCUT2D eigenvalue weighted by atomic mass is 35.5. The standard InChI is InChI=1S/C14H13ClN2O2S/c15-12-6-2-1-4-10(12)8-16-13(18)14(19)17-9-11-5-3-7-20-11/h1-7H,8-9H2,(H,16,18)(H,17,19). The fourth-order valence-electron chi connectivity index (χ4n) is 1.56. The van der Waals surface area contributed by atoms with Crippen LogP contribution in [-0.2, 0) is 22.7 Å². The zero-order chi connectivity index (χ0) is 14.4. The van der Waals surface area contributed by atoms with Gasteiger partial charge in [-0.25, -0.2) is 0 Å². The van der Waals surface area contributed by atoms with Crippen LogP contribution < -0.4 is 10.6 Å². The Morgan fingerprint density at radius 1 is 1.00 bits per heavy atom. The number of benzene rings is 1. The predicted octanol–water partition coefficient (Wildman–Crippen LogP) is 2.33. The third kappa shape index (κ3) is 4.08. The van der Waals surface area contributed by atoms with Crippen molar-refractivity contribution in [1.82, 2.24) is 10.6 Å². The van der Waals surface area contributed by atoms with E-state index in [0.29, 0.717) is 11.6 Å². The van der Waals surface area contributed by atoms with Crippen molar-refractivity contribution in [3.63, 3.8) is 0 Å². The molecule has 0 atom stereocenters. The minimum atomic E-state index is -0.665. The van der Waals surface area contributed by atoms with Gasteiger partial charge in [-0.15, -0.1) is 11.3 Å². The lowest BCUT2D eigenvalue weighted by atomic mass is 10.2. The molecule has 2 N–H and O–H groups in total. The smallest absolute Gasteiger partial charge is 0.309 e. The first-order valence-electron chi connectivity index (χ1n) is 5.98. The molecular formula is C14H13ClN2O2S. The largest absolute Gasteiger partial charge is 0.344 e. The van der Waals surface area contributed by atoms with E-state index in [1.54, 1.807) is 18.2 Å². The van der Waals surface area contributed by atoms with Crippen molar-refractivity contribution in [1.29, 1.82) is 0 Å². The summed E-state index contributed by atoms with van der Waals surface area (Å²) in [7, 11) is 0. The highest BCUT2D eigenvalue weighted by molar-refractivity contribution is 7.09. The van der Waals surface area contributed by atoms with E-state index >= 15 is 0 Å². The number of rotatable bonds is 4. The Labute approximate surface area is 125 Å². The fourth-order valence-corrected chi connectivity index (χ4v) is 2.41. The zero-order valence-corrected chi connectivity index (χ0v) is 12.1. The number of nitrogens with one attached hydrogen (secondary N) is 2. The monoisotopic (exact) mass is 308 g/mol. The Kier molecular flexibility index (Phi) is 5.15. The van der Waals surface area contributed by atoms with Crippen LogP contribution in [0.2, 0.25) is 5.02 Å². The number of halogens is 1. The predicted molar refractivity (Wildman–Crippen MR) is 79.5 cm³/mol. The summed E-state index contributed by atoms with van der Waals surface area (Å²) in [5, 5.41) is 7.58. The summed E-state index contributed by atoms with van der Waals surface area (Å²) in [5.74, 6) is -1.31. The molecule has 104 valence electrons. The lowest BCUT2D eigenvalue weighted by Crippen LogP contribution is -2.39. The van der Waals surface area contributed by atoms with Gasteiger partial charge in [-0.1, -0.05) is 35.9 Å². The van der Waals surface area contributed by atoms with Gasteiger partial charge in [-0.2, -0.15) is 0 Å². The Bertz CT molecular complexity index is 599. The van der Waals surface area contributed by atoms with Gasteiger partial charge >= 0.3 is 11.8 Å². The lowest BCUT2D eigenvalue weighted by Gasteiger charge is -2.07. The van der Waals surface area contributed by atoms with Crippen molar-refractivity contribution < 1.29 is 9.59 Å². The molecule has 6 heteroatoms. The van der Waals surface area contributed by atoms with Crippen LogP contribution in [-0.4, -0.2) is 11.8 Å². The van der Waals surface area contributed by atoms with E-state index in [1.165, 1.54) is 11.3 Å². The van der Waals surface area contributed by atoms with Gasteiger partial charge in [-0.05, 0) is 23.1 Å². The summed E-state index contributed by atoms with van der Waals surface area (Å²) in [6.07, 6.45) is 0. The van der Waals surface area contributed by atoms with E-state index in [-0.39, 0.29) is 6.54 Å². The molecule has 4 nitrogen and oxygen atoms in total. The average Bonchev–Trinajstić information content (AvgIpc) is 2.97. The Morgan fingerprint density at radius 2 is 1.70 bits per heavy atom. The lowest BCUT2D eigenvalue weighted by molar-refractivity contribution is -0.139. The highest BCUT2D eigenvalue weighted by Gasteiger charge is 2.13. The van der Waals surface area contributed by atoms with Crippen LogP contribution >= 0.6 is 22.9 Å². The van der Waals surface area contributed by atoms with Crippen molar-refractivity contribution in [3.05, 3.63) is 57.2 Å². The van der Waals surface area contributed by atoms with Crippen LogP contribution in [0, 0.1) is 0 Å². The van der Waals surface area contributed by atoms with Crippen LogP contribution in [0.4, 0.5) is 0 Å². The zero-order valence-electron chi connectivity index (χ0n) is 10.6. The normalized spacial score (nSPS) is 10.1. The van der Waals surface area contributed by atoms with Gasteiger partial charge < -0.3 is 10.6 Å². The van der Waals surface area contributed by atoms with Crippen molar-refractivity contribution in [3.8, 4) is 0 Å². The number of hydrogen-bond acceptors (Lipinski definition) is 3. The van der Waals surface area contributed by atoms with E-state index in [1.807, 2.05) is 23.6 Å². The molecule has 0 bridgehead atoms. The number of amides is 2. The number of thiophene rings is 1. The molecule has 20 heavy (non-hydrogen) atoms. The van der Waals surface area contributed by atoms with Crippen LogP contribution in [0.25, 0.3) is 0 Å². The summed E-state index contributed by atoms with van der Waals surface area (Å²) < 4.78 is 0. The number of carbonyl (C=O) groups excluding carboxylic acids is 2. The van der Waals surface area contributed by atoms with Crippen molar-refractivity contribution in [2.24, 2.45) is 0 Å². The third-order valence-corrected chi connectivity index (χ3v) is 3.85. The first kappa shape index (κ1) is 14.6. The second-order valence-corrected chi connectivity index (χ2v) is 5.48. The first-order chi connectivity index (χ1) is 9.66. The molecule has 2 rings (SSSR count). The molecular weight excluding hydrogens is 296 g/mol. The molecule has 0 fully saturated rings. The Morgan fingerprint density at radius 3 is 2.35 bits per heavy atom. The second-order valence-electron chi connectivity index (χ2n) is 4.04. The molecule has 2 aromatic rings. The summed E-state index contributed by atoms with van der Waals surface area (Å²) in [6.45, 7) is 0.584. The van der Waals surface area contributed by atoms with Gasteiger partial charge in [0, 0.05) is 16.4 Å². The van der Waals surface area contributed by atoms with E-state index in [4.69, 9.17) is 11.6 Å². The molecule has 0 aliphatic heterocycles. The summed E-state index contributed by atoms with van der Waals surface area (Å²) in [5.41, 5.74) is 0.772. The van der Waals surface area contributed by atoms with Gasteiger partial charge in [0.2, 0.25) is 0 Å². The van der Waals surface area contributed by atoms with E-state index in [2.05, 4.69) is 10.6 Å². The topological polar surface area (TPSA) is 58.2 Å². The molecule has 0 saturated heterocycles. The van der Waals surface area contributed by atoms with E-state index < -0.39 is 11.8 Å². The Balaban J connectivity index is 1.79. The van der Waals surface area contributed by atoms with Crippen molar-refractivity contribution in [2.45, 2.75) is 13.1 Å². The summed E-state index contributed by atoms with van der Waals surface area (Å²) in [6, 6.07) is 11.0. The maximum atomic E-state index is 11.6. The average molecular weight is 309 g/mol. The molecule has 0 spiro atoms. The molecule has 0 aliphatic carbocycles. The van der Waals surface area contributed by atoms with Gasteiger partial charge in [0.05, 0.1) is 6.54 Å². The van der Waals surface area contributed by atoms with Gasteiger partial charge in [0.25, 0.3) is 0 Å². The minimum Gasteiger partial charge on any atom is -0.344 e. The molecule has 1 aromatic carbocycles. The maximum Gasteiger partial charge on any atom is 0.309 e. The van der Waals surface area contributed by atoms with Crippen molar-refractivity contribution in [2.75, 3.05) is 0 Å². The molecule has 1 heterocycles. The third-order valence-electron chi connectivity index (χ3n) is 2.61. The molecule has 0 radical (unpaired) electrons. The minimum absolute atomic E-state index is 0.227. The second kappa shape index (κ2) is 7.07. The SMILES string of the molecule is O=C(NCc1cccs1)C(=O)NCc1ccccc1Cl. The summed E-state index contributed by atoms with van der Waals surface area (Å²) in [4.78, 5) is 24.2. The maximum absolute atomic E-state index is 11.6. The van der Waals surface area contributed by atoms with Crippen LogP contribution in [0.5, 0.6) is 0 Å². The van der Waals surface area contributed by atoms with Crippen LogP contribution in [0.1, 0.15) is 10.4 Å². The molecule has 0 aliphatic rings.